The average Bonchev–Trinajstić information content (AvgIpc) is 3.09. The van der Waals surface area contributed by atoms with Gasteiger partial charge in [0, 0.05) is 12.0 Å². The molecule has 0 aliphatic carbocycles. The molecule has 0 saturated heterocycles. The first kappa shape index (κ1) is 18.0. The van der Waals surface area contributed by atoms with Crippen molar-refractivity contribution < 1.29 is 8.83 Å². The second-order valence-corrected chi connectivity index (χ2v) is 6.67. The van der Waals surface area contributed by atoms with Gasteiger partial charge in [-0.1, -0.05) is 20.8 Å². The molecule has 24 heavy (non-hydrogen) atoms. The summed E-state index contributed by atoms with van der Waals surface area (Å²) >= 11 is 0. The number of nitrogens with one attached hydrogen (secondary N) is 2. The fourth-order valence-corrected chi connectivity index (χ4v) is 1.99. The molecule has 0 spiro atoms. The lowest BCUT2D eigenvalue weighted by Crippen LogP contribution is -2.36. The molecule has 0 aliphatic rings. The number of rotatable bonds is 5. The molecule has 0 unspecified atom stereocenters. The molecule has 2 N–H and O–H groups in total. The highest BCUT2D eigenvalue weighted by atomic mass is 16.4. The number of aliphatic imine (C=N–C) groups is 1. The molecule has 7 nitrogen and oxygen atoms in total. The lowest BCUT2D eigenvalue weighted by molar-refractivity contribution is 0.383. The molecule has 0 aromatic carbocycles. The van der Waals surface area contributed by atoms with Crippen LogP contribution in [0.3, 0.4) is 0 Å². The van der Waals surface area contributed by atoms with Gasteiger partial charge in [-0.05, 0) is 20.8 Å². The maximum absolute atomic E-state index is 5.75. The van der Waals surface area contributed by atoms with Gasteiger partial charge in [-0.25, -0.2) is 15.0 Å². The SMILES string of the molecule is CCNC(=NCc1ncc(C(C)(C)C)o1)NCc1nc(C)c(C)o1. The maximum Gasteiger partial charge on any atom is 0.216 e. The summed E-state index contributed by atoms with van der Waals surface area (Å²) in [6, 6.07) is 0. The Hall–Kier alpha value is -2.31. The fourth-order valence-electron chi connectivity index (χ4n) is 1.99. The van der Waals surface area contributed by atoms with Crippen LogP contribution in [0.15, 0.2) is 20.0 Å². The minimum absolute atomic E-state index is 0.0572. The van der Waals surface area contributed by atoms with Crippen LogP contribution in [0.1, 0.15) is 56.7 Å². The predicted molar refractivity (Wildman–Crippen MR) is 92.8 cm³/mol. The molecular weight excluding hydrogens is 306 g/mol. The summed E-state index contributed by atoms with van der Waals surface area (Å²) in [5.41, 5.74) is 0.849. The van der Waals surface area contributed by atoms with E-state index in [9.17, 15) is 0 Å². The standard InChI is InChI=1S/C17H27N5O2/c1-7-18-16(21-10-15-22-11(2)12(3)23-15)20-9-14-19-8-13(24-14)17(4,5)6/h8H,7,9-10H2,1-6H3,(H2,18,20,21). The van der Waals surface area contributed by atoms with E-state index in [1.165, 1.54) is 0 Å². The molecule has 0 radical (unpaired) electrons. The molecule has 2 rings (SSSR count). The van der Waals surface area contributed by atoms with Crippen molar-refractivity contribution in [1.29, 1.82) is 0 Å². The van der Waals surface area contributed by atoms with Gasteiger partial charge < -0.3 is 19.5 Å². The smallest absolute Gasteiger partial charge is 0.216 e. The van der Waals surface area contributed by atoms with Crippen LogP contribution >= 0.6 is 0 Å². The lowest BCUT2D eigenvalue weighted by atomic mass is 9.94. The van der Waals surface area contributed by atoms with Gasteiger partial charge in [-0.2, -0.15) is 0 Å². The quantitative estimate of drug-likeness (QED) is 0.646. The van der Waals surface area contributed by atoms with Gasteiger partial charge in [0.1, 0.15) is 18.1 Å². The largest absolute Gasteiger partial charge is 0.444 e. The first-order valence-corrected chi connectivity index (χ1v) is 8.20. The minimum Gasteiger partial charge on any atom is -0.444 e. The van der Waals surface area contributed by atoms with E-state index in [0.717, 1.165) is 23.8 Å². The van der Waals surface area contributed by atoms with Crippen LogP contribution in [0.2, 0.25) is 0 Å². The summed E-state index contributed by atoms with van der Waals surface area (Å²) in [6.45, 7) is 13.7. The fraction of sp³-hybridized carbons (Fsp3) is 0.588. The lowest BCUT2D eigenvalue weighted by Gasteiger charge is -2.13. The van der Waals surface area contributed by atoms with E-state index < -0.39 is 0 Å². The number of hydrogen-bond acceptors (Lipinski definition) is 5. The zero-order valence-corrected chi connectivity index (χ0v) is 15.4. The molecule has 0 bridgehead atoms. The van der Waals surface area contributed by atoms with Crippen LogP contribution in [-0.4, -0.2) is 22.5 Å². The Labute approximate surface area is 143 Å². The Morgan fingerprint density at radius 1 is 1.17 bits per heavy atom. The van der Waals surface area contributed by atoms with E-state index >= 15 is 0 Å². The van der Waals surface area contributed by atoms with Crippen molar-refractivity contribution in [2.24, 2.45) is 4.99 Å². The van der Waals surface area contributed by atoms with E-state index in [4.69, 9.17) is 8.83 Å². The van der Waals surface area contributed by atoms with Gasteiger partial charge in [0.2, 0.25) is 11.8 Å². The van der Waals surface area contributed by atoms with Crippen molar-refractivity contribution >= 4 is 5.96 Å². The molecule has 2 aromatic heterocycles. The number of oxazole rings is 2. The third-order valence-corrected chi connectivity index (χ3v) is 3.49. The van der Waals surface area contributed by atoms with Crippen molar-refractivity contribution in [3.05, 3.63) is 35.2 Å². The average molecular weight is 333 g/mol. The molecule has 2 heterocycles. The monoisotopic (exact) mass is 333 g/mol. The minimum atomic E-state index is -0.0572. The van der Waals surface area contributed by atoms with Crippen LogP contribution in [0.5, 0.6) is 0 Å². The van der Waals surface area contributed by atoms with E-state index in [-0.39, 0.29) is 5.41 Å². The van der Waals surface area contributed by atoms with Crippen molar-refractivity contribution in [3.8, 4) is 0 Å². The third kappa shape index (κ3) is 4.84. The first-order chi connectivity index (χ1) is 11.3. The van der Waals surface area contributed by atoms with Gasteiger partial charge in [0.25, 0.3) is 0 Å². The Morgan fingerprint density at radius 2 is 1.92 bits per heavy atom. The normalized spacial score (nSPS) is 12.5. The Bertz CT molecular complexity index is 675. The number of hydrogen-bond donors (Lipinski definition) is 2. The number of guanidine groups is 1. The van der Waals surface area contributed by atoms with Crippen molar-refractivity contribution in [2.45, 2.75) is 60.0 Å². The van der Waals surface area contributed by atoms with Crippen LogP contribution in [0.25, 0.3) is 0 Å². The second kappa shape index (κ2) is 7.51. The second-order valence-electron chi connectivity index (χ2n) is 6.67. The van der Waals surface area contributed by atoms with Gasteiger partial charge in [0.15, 0.2) is 5.96 Å². The highest BCUT2D eigenvalue weighted by Gasteiger charge is 2.19. The molecule has 0 aliphatic heterocycles. The Morgan fingerprint density at radius 3 is 2.46 bits per heavy atom. The first-order valence-electron chi connectivity index (χ1n) is 8.20. The van der Waals surface area contributed by atoms with Crippen LogP contribution in [-0.2, 0) is 18.5 Å². The predicted octanol–water partition coefficient (Wildman–Crippen LogP) is 2.83. The molecular formula is C17H27N5O2. The number of aryl methyl sites for hydroxylation is 2. The summed E-state index contributed by atoms with van der Waals surface area (Å²) in [6.07, 6.45) is 1.77. The molecule has 0 saturated carbocycles. The number of nitrogens with zero attached hydrogens (tertiary/aromatic N) is 3. The molecule has 0 atom stereocenters. The Kier molecular flexibility index (Phi) is 5.64. The summed E-state index contributed by atoms with van der Waals surface area (Å²) in [5.74, 6) is 3.60. The van der Waals surface area contributed by atoms with E-state index in [0.29, 0.717) is 30.8 Å². The van der Waals surface area contributed by atoms with Crippen LogP contribution in [0, 0.1) is 13.8 Å². The number of aromatic nitrogens is 2. The molecule has 7 heteroatoms. The van der Waals surface area contributed by atoms with E-state index in [1.54, 1.807) is 6.20 Å². The summed E-state index contributed by atoms with van der Waals surface area (Å²) in [4.78, 5) is 13.1. The summed E-state index contributed by atoms with van der Waals surface area (Å²) in [7, 11) is 0. The molecule has 0 fully saturated rings. The van der Waals surface area contributed by atoms with Crippen molar-refractivity contribution in [3.63, 3.8) is 0 Å². The van der Waals surface area contributed by atoms with Crippen LogP contribution in [0.4, 0.5) is 0 Å². The van der Waals surface area contributed by atoms with E-state index in [2.05, 4.69) is 46.4 Å². The van der Waals surface area contributed by atoms with Crippen molar-refractivity contribution in [2.75, 3.05) is 6.54 Å². The topological polar surface area (TPSA) is 88.5 Å². The molecule has 2 aromatic rings. The molecule has 132 valence electrons. The Balaban J connectivity index is 1.98. The van der Waals surface area contributed by atoms with Gasteiger partial charge >= 0.3 is 0 Å². The third-order valence-electron chi connectivity index (χ3n) is 3.49. The van der Waals surface area contributed by atoms with Gasteiger partial charge in [-0.15, -0.1) is 0 Å². The van der Waals surface area contributed by atoms with Gasteiger partial charge in [0.05, 0.1) is 18.4 Å². The summed E-state index contributed by atoms with van der Waals surface area (Å²) < 4.78 is 11.3. The highest BCUT2D eigenvalue weighted by molar-refractivity contribution is 5.79. The highest BCUT2D eigenvalue weighted by Crippen LogP contribution is 2.22. The van der Waals surface area contributed by atoms with Crippen molar-refractivity contribution in [1.82, 2.24) is 20.6 Å². The summed E-state index contributed by atoms with van der Waals surface area (Å²) in [5, 5.41) is 6.38. The van der Waals surface area contributed by atoms with E-state index in [1.807, 2.05) is 20.8 Å². The molecule has 0 amide bonds. The maximum atomic E-state index is 5.75. The zero-order valence-electron chi connectivity index (χ0n) is 15.4. The van der Waals surface area contributed by atoms with Gasteiger partial charge in [-0.3, -0.25) is 0 Å². The zero-order chi connectivity index (χ0) is 17.7. The van der Waals surface area contributed by atoms with Crippen LogP contribution < -0.4 is 10.6 Å².